The van der Waals surface area contributed by atoms with Gasteiger partial charge in [-0.2, -0.15) is 0 Å². The Kier molecular flexibility index (Phi) is 6.49. The SMILES string of the molecule is CCN(CCOC)C(C(=O)O)C(C)C. The van der Waals surface area contributed by atoms with Crippen molar-refractivity contribution in [2.45, 2.75) is 26.8 Å². The third-order valence-corrected chi connectivity index (χ3v) is 2.27. The second-order valence-electron chi connectivity index (χ2n) is 3.65. The molecule has 4 nitrogen and oxygen atoms in total. The number of hydrogen-bond donors (Lipinski definition) is 1. The molecule has 0 amide bonds. The summed E-state index contributed by atoms with van der Waals surface area (Å²) in [5.74, 6) is -0.637. The van der Waals surface area contributed by atoms with Crippen molar-refractivity contribution in [3.8, 4) is 0 Å². The highest BCUT2D eigenvalue weighted by atomic mass is 16.5. The van der Waals surface area contributed by atoms with Crippen LogP contribution in [-0.2, 0) is 9.53 Å². The summed E-state index contributed by atoms with van der Waals surface area (Å²) in [5, 5.41) is 9.06. The van der Waals surface area contributed by atoms with Crippen LogP contribution in [0, 0.1) is 5.92 Å². The molecule has 1 atom stereocenters. The normalized spacial score (nSPS) is 13.6. The molecule has 0 saturated heterocycles. The van der Waals surface area contributed by atoms with Crippen LogP contribution in [0.5, 0.6) is 0 Å². The molecular formula is C10H21NO3. The lowest BCUT2D eigenvalue weighted by Crippen LogP contribution is -2.46. The van der Waals surface area contributed by atoms with E-state index in [4.69, 9.17) is 9.84 Å². The summed E-state index contributed by atoms with van der Waals surface area (Å²) in [6.45, 7) is 7.79. The molecule has 1 unspecified atom stereocenters. The molecule has 0 aromatic carbocycles. The van der Waals surface area contributed by atoms with Gasteiger partial charge in [0.25, 0.3) is 0 Å². The Morgan fingerprint density at radius 2 is 2.07 bits per heavy atom. The molecule has 0 aromatic heterocycles. The van der Waals surface area contributed by atoms with Gasteiger partial charge >= 0.3 is 5.97 Å². The maximum Gasteiger partial charge on any atom is 0.321 e. The second-order valence-corrected chi connectivity index (χ2v) is 3.65. The number of carboxylic acid groups (broad SMARTS) is 1. The smallest absolute Gasteiger partial charge is 0.321 e. The first kappa shape index (κ1) is 13.4. The van der Waals surface area contributed by atoms with Gasteiger partial charge in [-0.25, -0.2) is 0 Å². The largest absolute Gasteiger partial charge is 0.480 e. The Bertz CT molecular complexity index is 171. The Morgan fingerprint density at radius 1 is 1.50 bits per heavy atom. The first-order valence-corrected chi connectivity index (χ1v) is 5.00. The summed E-state index contributed by atoms with van der Waals surface area (Å²) in [7, 11) is 1.62. The van der Waals surface area contributed by atoms with Crippen molar-refractivity contribution in [1.29, 1.82) is 0 Å². The van der Waals surface area contributed by atoms with Gasteiger partial charge in [0.2, 0.25) is 0 Å². The summed E-state index contributed by atoms with van der Waals surface area (Å²) >= 11 is 0. The average Bonchev–Trinajstić information content (AvgIpc) is 2.10. The van der Waals surface area contributed by atoms with E-state index in [0.29, 0.717) is 13.2 Å². The summed E-state index contributed by atoms with van der Waals surface area (Å²) in [4.78, 5) is 12.9. The summed E-state index contributed by atoms with van der Waals surface area (Å²) < 4.78 is 4.95. The molecule has 0 aliphatic heterocycles. The predicted octanol–water partition coefficient (Wildman–Crippen LogP) is 1.06. The van der Waals surface area contributed by atoms with Gasteiger partial charge in [-0.05, 0) is 12.5 Å². The number of nitrogens with zero attached hydrogens (tertiary/aromatic N) is 1. The Labute approximate surface area is 85.9 Å². The van der Waals surface area contributed by atoms with Crippen LogP contribution in [0.2, 0.25) is 0 Å². The van der Waals surface area contributed by atoms with Gasteiger partial charge in [-0.15, -0.1) is 0 Å². The average molecular weight is 203 g/mol. The monoisotopic (exact) mass is 203 g/mol. The molecule has 1 N–H and O–H groups in total. The highest BCUT2D eigenvalue weighted by molar-refractivity contribution is 5.73. The molecule has 0 spiro atoms. The highest BCUT2D eigenvalue weighted by Gasteiger charge is 2.27. The van der Waals surface area contributed by atoms with Gasteiger partial charge in [0.1, 0.15) is 6.04 Å². The minimum atomic E-state index is -0.752. The zero-order valence-electron chi connectivity index (χ0n) is 9.49. The lowest BCUT2D eigenvalue weighted by atomic mass is 10.0. The van der Waals surface area contributed by atoms with Gasteiger partial charge in [-0.3, -0.25) is 9.69 Å². The van der Waals surface area contributed by atoms with Crippen molar-refractivity contribution in [1.82, 2.24) is 4.90 Å². The molecule has 0 radical (unpaired) electrons. The number of methoxy groups -OCH3 is 1. The minimum absolute atomic E-state index is 0.115. The molecule has 84 valence electrons. The molecule has 0 saturated carbocycles. The van der Waals surface area contributed by atoms with Gasteiger partial charge in [0.15, 0.2) is 0 Å². The van der Waals surface area contributed by atoms with Crippen LogP contribution in [0.15, 0.2) is 0 Å². The second kappa shape index (κ2) is 6.79. The van der Waals surface area contributed by atoms with E-state index in [-0.39, 0.29) is 5.92 Å². The van der Waals surface area contributed by atoms with Crippen molar-refractivity contribution in [3.05, 3.63) is 0 Å². The van der Waals surface area contributed by atoms with Crippen molar-refractivity contribution < 1.29 is 14.6 Å². The lowest BCUT2D eigenvalue weighted by Gasteiger charge is -2.29. The number of carbonyl (C=O) groups is 1. The molecule has 0 bridgehead atoms. The van der Waals surface area contributed by atoms with Crippen molar-refractivity contribution in [2.24, 2.45) is 5.92 Å². The summed E-state index contributed by atoms with van der Waals surface area (Å²) in [6.07, 6.45) is 0. The van der Waals surface area contributed by atoms with Crippen LogP contribution >= 0.6 is 0 Å². The fourth-order valence-electron chi connectivity index (χ4n) is 1.57. The van der Waals surface area contributed by atoms with Crippen LogP contribution in [0.25, 0.3) is 0 Å². The first-order valence-electron chi connectivity index (χ1n) is 5.00. The van der Waals surface area contributed by atoms with Crippen molar-refractivity contribution >= 4 is 5.97 Å². The zero-order chi connectivity index (χ0) is 11.1. The van der Waals surface area contributed by atoms with Crippen LogP contribution < -0.4 is 0 Å². The molecular weight excluding hydrogens is 182 g/mol. The Balaban J connectivity index is 4.34. The molecule has 0 fully saturated rings. The van der Waals surface area contributed by atoms with Gasteiger partial charge in [0.05, 0.1) is 6.61 Å². The van der Waals surface area contributed by atoms with Crippen LogP contribution in [-0.4, -0.2) is 48.8 Å². The van der Waals surface area contributed by atoms with E-state index >= 15 is 0 Å². The summed E-state index contributed by atoms with van der Waals surface area (Å²) in [5.41, 5.74) is 0. The minimum Gasteiger partial charge on any atom is -0.480 e. The van der Waals surface area contributed by atoms with E-state index in [0.717, 1.165) is 6.54 Å². The standard InChI is InChI=1S/C10H21NO3/c1-5-11(6-7-14-4)9(8(2)3)10(12)13/h8-9H,5-7H2,1-4H3,(H,12,13). The maximum atomic E-state index is 11.0. The fraction of sp³-hybridized carbons (Fsp3) is 0.900. The fourth-order valence-corrected chi connectivity index (χ4v) is 1.57. The van der Waals surface area contributed by atoms with E-state index in [1.54, 1.807) is 7.11 Å². The molecule has 14 heavy (non-hydrogen) atoms. The Morgan fingerprint density at radius 3 is 2.36 bits per heavy atom. The van der Waals surface area contributed by atoms with E-state index in [1.807, 2.05) is 25.7 Å². The number of aliphatic carboxylic acids is 1. The third kappa shape index (κ3) is 4.07. The number of likely N-dealkylation sites (N-methyl/N-ethyl adjacent to an activating group) is 1. The topological polar surface area (TPSA) is 49.8 Å². The van der Waals surface area contributed by atoms with Gasteiger partial charge < -0.3 is 9.84 Å². The molecule has 4 heteroatoms. The number of ether oxygens (including phenoxy) is 1. The van der Waals surface area contributed by atoms with E-state index in [1.165, 1.54) is 0 Å². The Hall–Kier alpha value is -0.610. The van der Waals surface area contributed by atoms with E-state index in [2.05, 4.69) is 0 Å². The summed E-state index contributed by atoms with van der Waals surface area (Å²) in [6, 6.07) is -0.407. The van der Waals surface area contributed by atoms with Gasteiger partial charge in [-0.1, -0.05) is 20.8 Å². The lowest BCUT2D eigenvalue weighted by molar-refractivity contribution is -0.145. The highest BCUT2D eigenvalue weighted by Crippen LogP contribution is 2.10. The van der Waals surface area contributed by atoms with Gasteiger partial charge in [0, 0.05) is 13.7 Å². The van der Waals surface area contributed by atoms with Crippen molar-refractivity contribution in [3.63, 3.8) is 0 Å². The van der Waals surface area contributed by atoms with E-state index in [9.17, 15) is 4.79 Å². The predicted molar refractivity (Wildman–Crippen MR) is 55.4 cm³/mol. The molecule has 0 aromatic rings. The first-order chi connectivity index (χ1) is 6.54. The molecule has 0 aliphatic rings. The molecule has 0 heterocycles. The molecule has 0 aliphatic carbocycles. The number of carboxylic acids is 1. The third-order valence-electron chi connectivity index (χ3n) is 2.27. The maximum absolute atomic E-state index is 11.0. The quantitative estimate of drug-likeness (QED) is 0.672. The number of rotatable bonds is 7. The van der Waals surface area contributed by atoms with Crippen LogP contribution in [0.3, 0.4) is 0 Å². The van der Waals surface area contributed by atoms with Crippen LogP contribution in [0.4, 0.5) is 0 Å². The van der Waals surface area contributed by atoms with Crippen LogP contribution in [0.1, 0.15) is 20.8 Å². The van der Waals surface area contributed by atoms with Crippen molar-refractivity contribution in [2.75, 3.05) is 26.8 Å². The zero-order valence-corrected chi connectivity index (χ0v) is 9.49. The number of hydrogen-bond acceptors (Lipinski definition) is 3. The van der Waals surface area contributed by atoms with E-state index < -0.39 is 12.0 Å². The molecule has 0 rings (SSSR count).